The van der Waals surface area contributed by atoms with E-state index in [0.29, 0.717) is 30.3 Å². The van der Waals surface area contributed by atoms with Crippen LogP contribution in [0.4, 0.5) is 10.3 Å². The Labute approximate surface area is 230 Å². The first-order chi connectivity index (χ1) is 18.9. The SMILES string of the molecule is Cc1cnc(NC2CCOCC2)nc1-c1cc2n(c1)CCN([C@@H](c1ccc(Cl)c(F)c1)c1cnn(C)c1)C2=O. The molecule has 1 fully saturated rings. The van der Waals surface area contributed by atoms with Crippen LogP contribution in [0.1, 0.15) is 46.1 Å². The normalized spacial score (nSPS) is 16.8. The Morgan fingerprint density at radius 3 is 2.69 bits per heavy atom. The van der Waals surface area contributed by atoms with E-state index in [0.717, 1.165) is 48.4 Å². The lowest BCUT2D eigenvalue weighted by Gasteiger charge is -2.35. The van der Waals surface area contributed by atoms with Gasteiger partial charge in [-0.25, -0.2) is 14.4 Å². The number of anilines is 1. The van der Waals surface area contributed by atoms with Crippen LogP contribution in [0.3, 0.4) is 0 Å². The fourth-order valence-electron chi connectivity index (χ4n) is 5.36. The number of rotatable bonds is 6. The van der Waals surface area contributed by atoms with Gasteiger partial charge in [0.2, 0.25) is 5.95 Å². The van der Waals surface area contributed by atoms with Crippen molar-refractivity contribution in [1.82, 2.24) is 29.2 Å². The molecule has 1 saturated heterocycles. The number of aryl methyl sites for hydroxylation is 2. The van der Waals surface area contributed by atoms with Crippen LogP contribution in [-0.2, 0) is 18.3 Å². The van der Waals surface area contributed by atoms with Gasteiger partial charge in [0.1, 0.15) is 11.5 Å². The van der Waals surface area contributed by atoms with Gasteiger partial charge in [-0.3, -0.25) is 9.48 Å². The van der Waals surface area contributed by atoms with Gasteiger partial charge in [0.05, 0.1) is 23.0 Å². The predicted octanol–water partition coefficient (Wildman–Crippen LogP) is 4.62. The number of nitrogens with one attached hydrogen (secondary N) is 1. The summed E-state index contributed by atoms with van der Waals surface area (Å²) < 4.78 is 23.6. The number of halogens is 2. The number of fused-ring (bicyclic) bond motifs is 1. The van der Waals surface area contributed by atoms with Gasteiger partial charge in [0.15, 0.2) is 0 Å². The van der Waals surface area contributed by atoms with Crippen LogP contribution < -0.4 is 5.32 Å². The summed E-state index contributed by atoms with van der Waals surface area (Å²) in [6, 6.07) is 6.31. The molecule has 5 heterocycles. The third kappa shape index (κ3) is 5.02. The largest absolute Gasteiger partial charge is 0.381 e. The van der Waals surface area contributed by atoms with Crippen molar-refractivity contribution in [2.75, 3.05) is 25.1 Å². The Morgan fingerprint density at radius 1 is 1.13 bits per heavy atom. The van der Waals surface area contributed by atoms with Crippen molar-refractivity contribution in [1.29, 1.82) is 0 Å². The number of hydrogen-bond donors (Lipinski definition) is 1. The second-order valence-electron chi connectivity index (χ2n) is 10.1. The minimum absolute atomic E-state index is 0.0399. The van der Waals surface area contributed by atoms with Crippen LogP contribution in [0.5, 0.6) is 0 Å². The van der Waals surface area contributed by atoms with E-state index < -0.39 is 11.9 Å². The summed E-state index contributed by atoms with van der Waals surface area (Å²) in [4.78, 5) is 25.0. The highest BCUT2D eigenvalue weighted by Gasteiger charge is 2.34. The Bertz CT molecular complexity index is 1530. The zero-order chi connectivity index (χ0) is 27.1. The topological polar surface area (TPSA) is 90.1 Å². The summed E-state index contributed by atoms with van der Waals surface area (Å²) in [6.45, 7) is 4.45. The molecule has 0 saturated carbocycles. The lowest BCUT2D eigenvalue weighted by atomic mass is 9.98. The summed E-state index contributed by atoms with van der Waals surface area (Å²) in [5, 5.41) is 7.76. The van der Waals surface area contributed by atoms with E-state index in [1.54, 1.807) is 21.8 Å². The van der Waals surface area contributed by atoms with Crippen molar-refractivity contribution in [3.8, 4) is 11.3 Å². The van der Waals surface area contributed by atoms with Gasteiger partial charge in [-0.1, -0.05) is 17.7 Å². The standard InChI is InChI=1S/C28H29ClFN7O2/c1-17-13-31-28(33-21-5-9-39-10-6-21)34-25(17)19-12-24-27(38)37(8-7-36(24)16-19)26(20-14-32-35(2)15-20)18-3-4-22(29)23(30)11-18/h3-4,11-16,21,26H,5-10H2,1-2H3,(H,31,33,34)/t26-/m0/s1. The molecule has 6 rings (SSSR count). The monoisotopic (exact) mass is 549 g/mol. The van der Waals surface area contributed by atoms with Crippen molar-refractivity contribution >= 4 is 23.5 Å². The molecular weight excluding hydrogens is 521 g/mol. The van der Waals surface area contributed by atoms with Gasteiger partial charge in [-0.15, -0.1) is 0 Å². The molecule has 0 spiro atoms. The fraction of sp³-hybridized carbons (Fsp3) is 0.357. The molecule has 2 aliphatic heterocycles. The maximum atomic E-state index is 14.5. The molecule has 4 aromatic rings. The van der Waals surface area contributed by atoms with Crippen LogP contribution >= 0.6 is 11.6 Å². The number of carbonyl (C=O) groups is 1. The average molecular weight is 550 g/mol. The van der Waals surface area contributed by atoms with E-state index in [-0.39, 0.29) is 17.0 Å². The first-order valence-electron chi connectivity index (χ1n) is 13.0. The van der Waals surface area contributed by atoms with Crippen LogP contribution in [0.25, 0.3) is 11.3 Å². The van der Waals surface area contributed by atoms with Crippen molar-refractivity contribution in [2.45, 2.75) is 38.4 Å². The summed E-state index contributed by atoms with van der Waals surface area (Å²) in [5.41, 5.74) is 4.54. The second kappa shape index (κ2) is 10.4. The molecule has 39 heavy (non-hydrogen) atoms. The highest BCUT2D eigenvalue weighted by molar-refractivity contribution is 6.30. The Hall–Kier alpha value is -3.76. The maximum Gasteiger partial charge on any atom is 0.271 e. The Kier molecular flexibility index (Phi) is 6.82. The van der Waals surface area contributed by atoms with Crippen LogP contribution in [0, 0.1) is 12.7 Å². The first kappa shape index (κ1) is 25.5. The molecule has 3 aromatic heterocycles. The summed E-state index contributed by atoms with van der Waals surface area (Å²) in [6.07, 6.45) is 9.16. The average Bonchev–Trinajstić information content (AvgIpc) is 3.56. The molecule has 0 aliphatic carbocycles. The summed E-state index contributed by atoms with van der Waals surface area (Å²) in [5.74, 6) is -0.104. The molecule has 9 nitrogen and oxygen atoms in total. The van der Waals surface area contributed by atoms with Gasteiger partial charge in [-0.2, -0.15) is 5.10 Å². The predicted molar refractivity (Wildman–Crippen MR) is 145 cm³/mol. The number of nitrogens with zero attached hydrogens (tertiary/aromatic N) is 6. The number of carbonyl (C=O) groups excluding carboxylic acids is 1. The van der Waals surface area contributed by atoms with Crippen LogP contribution in [-0.4, -0.2) is 60.9 Å². The first-order valence-corrected chi connectivity index (χ1v) is 13.4. The van der Waals surface area contributed by atoms with Crippen molar-refractivity contribution in [3.63, 3.8) is 0 Å². The number of amides is 1. The zero-order valence-electron chi connectivity index (χ0n) is 21.8. The van der Waals surface area contributed by atoms with E-state index >= 15 is 0 Å². The molecule has 1 aromatic carbocycles. The second-order valence-corrected chi connectivity index (χ2v) is 10.5. The third-order valence-corrected chi connectivity index (χ3v) is 7.68. The van der Waals surface area contributed by atoms with Crippen molar-refractivity contribution < 1.29 is 13.9 Å². The molecule has 0 bridgehead atoms. The van der Waals surface area contributed by atoms with Gasteiger partial charge in [0.25, 0.3) is 5.91 Å². The van der Waals surface area contributed by atoms with Crippen LogP contribution in [0.2, 0.25) is 5.02 Å². The minimum Gasteiger partial charge on any atom is -0.381 e. The molecule has 0 radical (unpaired) electrons. The van der Waals surface area contributed by atoms with E-state index in [1.807, 2.05) is 43.2 Å². The van der Waals surface area contributed by atoms with E-state index in [9.17, 15) is 9.18 Å². The quantitative estimate of drug-likeness (QED) is 0.377. The number of ether oxygens (including phenoxy) is 1. The molecule has 0 unspecified atom stereocenters. The molecule has 11 heteroatoms. The smallest absolute Gasteiger partial charge is 0.271 e. The van der Waals surface area contributed by atoms with Crippen molar-refractivity contribution in [3.05, 3.63) is 82.3 Å². The van der Waals surface area contributed by atoms with Crippen LogP contribution in [0.15, 0.2) is 49.1 Å². The maximum absolute atomic E-state index is 14.5. The zero-order valence-corrected chi connectivity index (χ0v) is 22.5. The van der Waals surface area contributed by atoms with Gasteiger partial charge >= 0.3 is 0 Å². The highest BCUT2D eigenvalue weighted by Crippen LogP contribution is 2.35. The molecular formula is C28H29ClFN7O2. The van der Waals surface area contributed by atoms with Gasteiger partial charge in [0, 0.05) is 69.1 Å². The Balaban J connectivity index is 1.32. The fourth-order valence-corrected chi connectivity index (χ4v) is 5.48. The van der Waals surface area contributed by atoms with Gasteiger partial charge < -0.3 is 19.5 Å². The molecule has 1 amide bonds. The number of aromatic nitrogens is 5. The molecule has 2 aliphatic rings. The lowest BCUT2D eigenvalue weighted by Crippen LogP contribution is -2.42. The molecule has 202 valence electrons. The Morgan fingerprint density at radius 2 is 1.95 bits per heavy atom. The number of benzene rings is 1. The van der Waals surface area contributed by atoms with Gasteiger partial charge in [-0.05, 0) is 49.1 Å². The molecule has 1 atom stereocenters. The number of hydrogen-bond acceptors (Lipinski definition) is 6. The summed E-state index contributed by atoms with van der Waals surface area (Å²) >= 11 is 5.96. The van der Waals surface area contributed by atoms with E-state index in [2.05, 4.69) is 15.4 Å². The summed E-state index contributed by atoms with van der Waals surface area (Å²) in [7, 11) is 1.81. The minimum atomic E-state index is -0.525. The lowest BCUT2D eigenvalue weighted by molar-refractivity contribution is 0.0649. The third-order valence-electron chi connectivity index (χ3n) is 7.37. The van der Waals surface area contributed by atoms with E-state index in [1.165, 1.54) is 12.1 Å². The van der Waals surface area contributed by atoms with E-state index in [4.69, 9.17) is 21.3 Å². The van der Waals surface area contributed by atoms with Crippen molar-refractivity contribution in [2.24, 2.45) is 7.05 Å². The highest BCUT2D eigenvalue weighted by atomic mass is 35.5. The molecule has 1 N–H and O–H groups in total.